The van der Waals surface area contributed by atoms with E-state index in [2.05, 4.69) is 21.3 Å². The molecule has 6 rings (SSSR count). The standard InChI is InChI=1S/C39H50N6O8/c1-38(2,3)53-36(50)41-30-19-11-6-4-5-8-16-27-21-39(27,34(48)42-35(49)40-28-17-9-7-10-18-28)43-32(46)31-20-29(24-45(31)33(30)47)52-37(51)44-22-25-14-12-13-15-26(25)23-44/h7,9-10,12-15,17-18,27,29-31H,4-6,8,11,16,19-24H2,1-3H3,(H,41,50)(H,43,46)(H2,40,42,48,49)/t27-,29-,30+,31+,39-/m1/s1. The molecule has 0 unspecified atom stereocenters. The van der Waals surface area contributed by atoms with E-state index < -0.39 is 65.3 Å². The maximum atomic E-state index is 14.4. The van der Waals surface area contributed by atoms with Gasteiger partial charge in [0.2, 0.25) is 11.8 Å². The van der Waals surface area contributed by atoms with Crippen molar-refractivity contribution in [3.8, 4) is 0 Å². The van der Waals surface area contributed by atoms with Gasteiger partial charge in [0.05, 0.1) is 6.54 Å². The van der Waals surface area contributed by atoms with Gasteiger partial charge in [-0.05, 0) is 69.2 Å². The Kier molecular flexibility index (Phi) is 11.2. The predicted octanol–water partition coefficient (Wildman–Crippen LogP) is 4.97. The van der Waals surface area contributed by atoms with Crippen LogP contribution < -0.4 is 21.3 Å². The SMILES string of the molecule is CC(C)(C)OC(=O)N[C@H]1CCCCCCC[C@@H]2C[C@@]2(C(=O)NC(=O)Nc2ccccc2)NC(=O)[C@@H]2C[C@@H](OC(=O)N3Cc4ccccc4C3)CN2C1=O. The van der Waals surface area contributed by atoms with Crippen molar-refractivity contribution in [1.82, 2.24) is 25.8 Å². The van der Waals surface area contributed by atoms with Crippen LogP contribution in [0.1, 0.15) is 89.7 Å². The molecular formula is C39H50N6O8. The van der Waals surface area contributed by atoms with E-state index >= 15 is 0 Å². The van der Waals surface area contributed by atoms with Gasteiger partial charge in [-0.25, -0.2) is 14.4 Å². The Morgan fingerprint density at radius 1 is 0.868 bits per heavy atom. The number of benzene rings is 2. The zero-order chi connectivity index (χ0) is 37.8. The fourth-order valence-corrected chi connectivity index (χ4v) is 7.60. The number of imide groups is 1. The molecule has 2 aromatic carbocycles. The lowest BCUT2D eigenvalue weighted by Gasteiger charge is -2.30. The highest BCUT2D eigenvalue weighted by Gasteiger charge is 2.62. The summed E-state index contributed by atoms with van der Waals surface area (Å²) in [7, 11) is 0. The van der Waals surface area contributed by atoms with Gasteiger partial charge in [-0.15, -0.1) is 0 Å². The van der Waals surface area contributed by atoms with Gasteiger partial charge in [-0.3, -0.25) is 24.6 Å². The molecule has 14 heteroatoms. The van der Waals surface area contributed by atoms with Crippen LogP contribution in [0, 0.1) is 5.92 Å². The molecule has 53 heavy (non-hydrogen) atoms. The molecule has 0 radical (unpaired) electrons. The topological polar surface area (TPSA) is 175 Å². The van der Waals surface area contributed by atoms with Gasteiger partial charge < -0.3 is 30.3 Å². The summed E-state index contributed by atoms with van der Waals surface area (Å²) in [5.41, 5.74) is 0.389. The van der Waals surface area contributed by atoms with Crippen LogP contribution in [0.4, 0.5) is 20.1 Å². The zero-order valence-corrected chi connectivity index (χ0v) is 30.7. The number of fused-ring (bicyclic) bond motifs is 3. The minimum absolute atomic E-state index is 0.0138. The molecule has 2 aromatic rings. The number of anilines is 1. The minimum atomic E-state index is -1.36. The lowest BCUT2D eigenvalue weighted by molar-refractivity contribution is -0.141. The minimum Gasteiger partial charge on any atom is -0.444 e. The van der Waals surface area contributed by atoms with Crippen molar-refractivity contribution in [1.29, 1.82) is 0 Å². The van der Waals surface area contributed by atoms with E-state index in [0.717, 1.165) is 36.8 Å². The lowest BCUT2D eigenvalue weighted by atomic mass is 10.0. The van der Waals surface area contributed by atoms with E-state index in [9.17, 15) is 28.8 Å². The second kappa shape index (κ2) is 15.8. The largest absolute Gasteiger partial charge is 0.444 e. The normalized spacial score (nSPS) is 26.0. The molecule has 4 aliphatic rings. The number of para-hydroxylation sites is 1. The highest BCUT2D eigenvalue weighted by Crippen LogP contribution is 2.47. The maximum absolute atomic E-state index is 14.4. The maximum Gasteiger partial charge on any atom is 0.410 e. The zero-order valence-electron chi connectivity index (χ0n) is 30.7. The van der Waals surface area contributed by atoms with Gasteiger partial charge >= 0.3 is 18.2 Å². The molecule has 284 valence electrons. The second-order valence-corrected chi connectivity index (χ2v) is 15.6. The first-order valence-corrected chi connectivity index (χ1v) is 18.6. The Hall–Kier alpha value is -5.14. The van der Waals surface area contributed by atoms with Crippen molar-refractivity contribution in [2.75, 3.05) is 11.9 Å². The molecule has 0 spiro atoms. The highest BCUT2D eigenvalue weighted by atomic mass is 16.6. The third kappa shape index (κ3) is 9.27. The van der Waals surface area contributed by atoms with E-state index in [0.29, 0.717) is 44.5 Å². The second-order valence-electron chi connectivity index (χ2n) is 15.6. The van der Waals surface area contributed by atoms with E-state index in [1.54, 1.807) is 56.0 Å². The third-order valence-corrected chi connectivity index (χ3v) is 10.4. The molecule has 3 heterocycles. The molecule has 7 amide bonds. The van der Waals surface area contributed by atoms with Gasteiger partial charge in [0.15, 0.2) is 0 Å². The monoisotopic (exact) mass is 730 g/mol. The van der Waals surface area contributed by atoms with E-state index in [4.69, 9.17) is 9.47 Å². The van der Waals surface area contributed by atoms with E-state index in [1.165, 1.54) is 4.90 Å². The number of hydrogen-bond acceptors (Lipinski definition) is 8. The Morgan fingerprint density at radius 2 is 1.51 bits per heavy atom. The first-order valence-electron chi connectivity index (χ1n) is 18.6. The summed E-state index contributed by atoms with van der Waals surface area (Å²) < 4.78 is 11.4. The number of nitrogens with zero attached hydrogens (tertiary/aromatic N) is 2. The Balaban J connectivity index is 1.22. The van der Waals surface area contributed by atoms with Gasteiger partial charge in [0.25, 0.3) is 5.91 Å². The van der Waals surface area contributed by atoms with Crippen molar-refractivity contribution in [2.24, 2.45) is 5.92 Å². The summed E-state index contributed by atoms with van der Waals surface area (Å²) in [5.74, 6) is -1.95. The first-order chi connectivity index (χ1) is 25.3. The summed E-state index contributed by atoms with van der Waals surface area (Å²) >= 11 is 0. The van der Waals surface area contributed by atoms with Crippen molar-refractivity contribution >= 4 is 41.6 Å². The summed E-state index contributed by atoms with van der Waals surface area (Å²) in [4.78, 5) is 84.6. The smallest absolute Gasteiger partial charge is 0.410 e. The number of rotatable bonds is 4. The average Bonchev–Trinajstić information content (AvgIpc) is 3.41. The van der Waals surface area contributed by atoms with Gasteiger partial charge in [0, 0.05) is 25.2 Å². The molecule has 5 atom stereocenters. The number of hydrogen-bond donors (Lipinski definition) is 4. The number of nitrogens with one attached hydrogen (secondary N) is 4. The van der Waals surface area contributed by atoms with Crippen LogP contribution in [-0.2, 0) is 36.9 Å². The van der Waals surface area contributed by atoms with Crippen LogP contribution >= 0.6 is 0 Å². The van der Waals surface area contributed by atoms with Crippen molar-refractivity contribution in [3.05, 3.63) is 65.7 Å². The van der Waals surface area contributed by atoms with E-state index in [-0.39, 0.29) is 18.9 Å². The summed E-state index contributed by atoms with van der Waals surface area (Å²) in [6.45, 7) is 5.86. The fraction of sp³-hybridized carbons (Fsp3) is 0.538. The molecule has 2 saturated heterocycles. The average molecular weight is 731 g/mol. The number of carbonyl (C=O) groups is 6. The van der Waals surface area contributed by atoms with Crippen molar-refractivity contribution < 1.29 is 38.2 Å². The Morgan fingerprint density at radius 3 is 2.19 bits per heavy atom. The summed E-state index contributed by atoms with van der Waals surface area (Å²) in [6.07, 6.45) is 3.22. The molecule has 4 N–H and O–H groups in total. The Bertz CT molecular complexity index is 1690. The van der Waals surface area contributed by atoms with Crippen LogP contribution in [0.3, 0.4) is 0 Å². The van der Waals surface area contributed by atoms with Crippen LogP contribution in [0.2, 0.25) is 0 Å². The lowest BCUT2D eigenvalue weighted by Crippen LogP contribution is -2.58. The Labute approximate surface area is 309 Å². The van der Waals surface area contributed by atoms with Crippen LogP contribution in [0.5, 0.6) is 0 Å². The number of alkyl carbamates (subject to hydrolysis) is 1. The fourth-order valence-electron chi connectivity index (χ4n) is 7.60. The number of amides is 7. The van der Waals surface area contributed by atoms with Crippen molar-refractivity contribution in [3.63, 3.8) is 0 Å². The predicted molar refractivity (Wildman–Crippen MR) is 194 cm³/mol. The molecule has 14 nitrogen and oxygen atoms in total. The number of carbonyl (C=O) groups excluding carboxylic acids is 6. The summed E-state index contributed by atoms with van der Waals surface area (Å²) in [5, 5.41) is 10.7. The third-order valence-electron chi connectivity index (χ3n) is 10.4. The molecule has 0 aromatic heterocycles. The van der Waals surface area contributed by atoms with Gasteiger partial charge in [-0.1, -0.05) is 74.6 Å². The van der Waals surface area contributed by atoms with Gasteiger partial charge in [-0.2, -0.15) is 0 Å². The van der Waals surface area contributed by atoms with Crippen molar-refractivity contribution in [2.45, 2.75) is 121 Å². The molecule has 1 aliphatic carbocycles. The summed E-state index contributed by atoms with van der Waals surface area (Å²) in [6, 6.07) is 13.6. The van der Waals surface area contributed by atoms with Crippen LogP contribution in [0.25, 0.3) is 0 Å². The molecule has 0 bridgehead atoms. The highest BCUT2D eigenvalue weighted by molar-refractivity contribution is 6.07. The number of ether oxygens (including phenoxy) is 2. The first kappa shape index (κ1) is 37.6. The van der Waals surface area contributed by atoms with Gasteiger partial charge in [0.1, 0.15) is 29.3 Å². The molecular weight excluding hydrogens is 680 g/mol. The van der Waals surface area contributed by atoms with E-state index in [1.807, 2.05) is 24.3 Å². The molecule has 1 saturated carbocycles. The van der Waals surface area contributed by atoms with Crippen LogP contribution in [-0.4, -0.2) is 81.6 Å². The quantitative estimate of drug-likeness (QED) is 0.341. The van der Waals surface area contributed by atoms with Crippen LogP contribution in [0.15, 0.2) is 54.6 Å². The molecule has 3 aliphatic heterocycles. The number of urea groups is 1. The molecule has 3 fully saturated rings.